The molecule has 24 heavy (non-hydrogen) atoms. The number of fused-ring (bicyclic) bond motifs is 1. The van der Waals surface area contributed by atoms with E-state index in [1.807, 2.05) is 12.1 Å². The topological polar surface area (TPSA) is 24.5 Å². The Balaban J connectivity index is 1.73. The van der Waals surface area contributed by atoms with E-state index in [1.54, 1.807) is 12.1 Å². The largest absolute Gasteiger partial charge is 0.362 e. The fourth-order valence-corrected chi connectivity index (χ4v) is 3.83. The molecule has 0 aliphatic carbocycles. The molecule has 3 nitrogen and oxygen atoms in total. The Morgan fingerprint density at radius 3 is 2.79 bits per heavy atom. The van der Waals surface area contributed by atoms with Crippen molar-refractivity contribution in [2.75, 3.05) is 26.2 Å². The molecule has 2 aliphatic rings. The molecule has 126 valence electrons. The second kappa shape index (κ2) is 7.01. The first-order chi connectivity index (χ1) is 11.8. The van der Waals surface area contributed by atoms with Crippen LogP contribution in [-0.2, 0) is 11.2 Å². The van der Waals surface area contributed by atoms with Gasteiger partial charge in [-0.1, -0.05) is 36.4 Å². The van der Waals surface area contributed by atoms with E-state index in [0.717, 1.165) is 44.6 Å². The summed E-state index contributed by atoms with van der Waals surface area (Å²) in [6.07, 6.45) is 2.12. The number of ether oxygens (including phenoxy) is 1. The maximum absolute atomic E-state index is 13.4. The maximum atomic E-state index is 13.4. The quantitative estimate of drug-likeness (QED) is 0.918. The summed E-state index contributed by atoms with van der Waals surface area (Å²) in [7, 11) is 0. The van der Waals surface area contributed by atoms with Gasteiger partial charge in [-0.2, -0.15) is 0 Å². The summed E-state index contributed by atoms with van der Waals surface area (Å²) in [4.78, 5) is 2.42. The Hall–Kier alpha value is -1.75. The highest BCUT2D eigenvalue weighted by Crippen LogP contribution is 2.36. The standard InChI is InChI=1S/C20H23FN2O/c21-17-8-6-16(7-9-17)20-18-5-2-1-4-15(18)10-12-23(20)19-14-22-11-3-13-24-19/h1-2,4-9,19-20,22H,3,10-14H2/t19?,20-/m0/s1. The minimum absolute atomic E-state index is 0.0518. The lowest BCUT2D eigenvalue weighted by Crippen LogP contribution is -2.48. The first-order valence-corrected chi connectivity index (χ1v) is 8.74. The SMILES string of the molecule is Fc1ccc([C@H]2c3ccccc3CCN2C2CNCCCO2)cc1. The van der Waals surface area contributed by atoms with Crippen LogP contribution in [0.2, 0.25) is 0 Å². The van der Waals surface area contributed by atoms with Gasteiger partial charge in [0.15, 0.2) is 0 Å². The molecule has 2 aliphatic heterocycles. The number of hydrogen-bond acceptors (Lipinski definition) is 3. The van der Waals surface area contributed by atoms with E-state index >= 15 is 0 Å². The second-order valence-corrected chi connectivity index (χ2v) is 6.52. The van der Waals surface area contributed by atoms with Crippen LogP contribution >= 0.6 is 0 Å². The van der Waals surface area contributed by atoms with Gasteiger partial charge in [-0.15, -0.1) is 0 Å². The molecule has 2 atom stereocenters. The summed E-state index contributed by atoms with van der Waals surface area (Å²) < 4.78 is 19.5. The van der Waals surface area contributed by atoms with Gasteiger partial charge in [0.1, 0.15) is 12.0 Å². The predicted molar refractivity (Wildman–Crippen MR) is 92.3 cm³/mol. The normalized spacial score (nSPS) is 25.0. The Morgan fingerprint density at radius 1 is 1.08 bits per heavy atom. The van der Waals surface area contributed by atoms with Gasteiger partial charge in [0, 0.05) is 19.7 Å². The lowest BCUT2D eigenvalue weighted by molar-refractivity contribution is -0.0661. The number of halogens is 1. The summed E-state index contributed by atoms with van der Waals surface area (Å²) in [5, 5.41) is 3.47. The Labute approximate surface area is 142 Å². The van der Waals surface area contributed by atoms with Gasteiger partial charge in [0.05, 0.1) is 6.04 Å². The third-order valence-corrected chi connectivity index (χ3v) is 5.00. The van der Waals surface area contributed by atoms with E-state index in [-0.39, 0.29) is 18.1 Å². The fraction of sp³-hybridized carbons (Fsp3) is 0.400. The molecule has 1 N–H and O–H groups in total. The number of benzene rings is 2. The van der Waals surface area contributed by atoms with E-state index in [9.17, 15) is 4.39 Å². The summed E-state index contributed by atoms with van der Waals surface area (Å²) in [5.74, 6) is -0.193. The van der Waals surface area contributed by atoms with Gasteiger partial charge in [0.25, 0.3) is 0 Å². The first kappa shape index (κ1) is 15.8. The lowest BCUT2D eigenvalue weighted by atomic mass is 9.88. The van der Waals surface area contributed by atoms with Crippen molar-refractivity contribution < 1.29 is 9.13 Å². The van der Waals surface area contributed by atoms with Crippen LogP contribution in [0.15, 0.2) is 48.5 Å². The molecule has 2 aromatic carbocycles. The van der Waals surface area contributed by atoms with E-state index in [2.05, 4.69) is 34.5 Å². The molecule has 2 aromatic rings. The van der Waals surface area contributed by atoms with Crippen molar-refractivity contribution in [3.05, 3.63) is 71.0 Å². The van der Waals surface area contributed by atoms with Crippen LogP contribution in [0, 0.1) is 5.82 Å². The molecule has 0 radical (unpaired) electrons. The van der Waals surface area contributed by atoms with Crippen molar-refractivity contribution >= 4 is 0 Å². The van der Waals surface area contributed by atoms with Crippen molar-refractivity contribution in [2.45, 2.75) is 25.1 Å². The van der Waals surface area contributed by atoms with E-state index in [4.69, 9.17) is 4.74 Å². The van der Waals surface area contributed by atoms with Crippen molar-refractivity contribution in [1.29, 1.82) is 0 Å². The Kier molecular flexibility index (Phi) is 4.60. The molecule has 4 rings (SSSR count). The van der Waals surface area contributed by atoms with Crippen LogP contribution < -0.4 is 5.32 Å². The Bertz CT molecular complexity index is 680. The zero-order valence-corrected chi connectivity index (χ0v) is 13.7. The molecule has 0 amide bonds. The van der Waals surface area contributed by atoms with Crippen molar-refractivity contribution in [3.8, 4) is 0 Å². The molecule has 1 unspecified atom stereocenters. The molecule has 1 saturated heterocycles. The molecule has 0 spiro atoms. The average Bonchev–Trinajstić information content (AvgIpc) is 2.91. The van der Waals surface area contributed by atoms with E-state index in [0.29, 0.717) is 0 Å². The molecule has 2 heterocycles. The summed E-state index contributed by atoms with van der Waals surface area (Å²) in [6.45, 7) is 3.57. The molecule has 0 bridgehead atoms. The number of nitrogens with zero attached hydrogens (tertiary/aromatic N) is 1. The lowest BCUT2D eigenvalue weighted by Gasteiger charge is -2.42. The molecule has 0 saturated carbocycles. The van der Waals surface area contributed by atoms with E-state index in [1.165, 1.54) is 11.1 Å². The van der Waals surface area contributed by atoms with E-state index < -0.39 is 0 Å². The summed E-state index contributed by atoms with van der Waals surface area (Å²) >= 11 is 0. The second-order valence-electron chi connectivity index (χ2n) is 6.52. The zero-order chi connectivity index (χ0) is 16.4. The fourth-order valence-electron chi connectivity index (χ4n) is 3.83. The van der Waals surface area contributed by atoms with Crippen LogP contribution in [0.3, 0.4) is 0 Å². The van der Waals surface area contributed by atoms with Gasteiger partial charge in [-0.25, -0.2) is 4.39 Å². The predicted octanol–water partition coefficient (Wildman–Crippen LogP) is 3.11. The number of rotatable bonds is 2. The van der Waals surface area contributed by atoms with Gasteiger partial charge < -0.3 is 10.1 Å². The molecule has 1 fully saturated rings. The summed E-state index contributed by atoms with van der Waals surface area (Å²) in [6, 6.07) is 15.6. The molecular weight excluding hydrogens is 303 g/mol. The van der Waals surface area contributed by atoms with Crippen LogP contribution in [0.25, 0.3) is 0 Å². The number of nitrogens with one attached hydrogen (secondary N) is 1. The van der Waals surface area contributed by atoms with Gasteiger partial charge in [-0.3, -0.25) is 4.90 Å². The van der Waals surface area contributed by atoms with Crippen LogP contribution in [0.4, 0.5) is 4.39 Å². The van der Waals surface area contributed by atoms with Crippen molar-refractivity contribution in [1.82, 2.24) is 10.2 Å². The van der Waals surface area contributed by atoms with Gasteiger partial charge in [-0.05, 0) is 48.2 Å². The van der Waals surface area contributed by atoms with Gasteiger partial charge in [0.2, 0.25) is 0 Å². The number of hydrogen-bond donors (Lipinski definition) is 1. The highest BCUT2D eigenvalue weighted by atomic mass is 19.1. The minimum Gasteiger partial charge on any atom is -0.362 e. The van der Waals surface area contributed by atoms with Crippen LogP contribution in [0.5, 0.6) is 0 Å². The smallest absolute Gasteiger partial charge is 0.123 e. The third kappa shape index (κ3) is 3.09. The first-order valence-electron chi connectivity index (χ1n) is 8.74. The third-order valence-electron chi connectivity index (χ3n) is 5.00. The van der Waals surface area contributed by atoms with Gasteiger partial charge >= 0.3 is 0 Å². The molecule has 0 aromatic heterocycles. The monoisotopic (exact) mass is 326 g/mol. The van der Waals surface area contributed by atoms with Crippen LogP contribution in [-0.4, -0.2) is 37.4 Å². The maximum Gasteiger partial charge on any atom is 0.123 e. The highest BCUT2D eigenvalue weighted by Gasteiger charge is 2.34. The summed E-state index contributed by atoms with van der Waals surface area (Å²) in [5.41, 5.74) is 3.81. The minimum atomic E-state index is -0.193. The highest BCUT2D eigenvalue weighted by molar-refractivity contribution is 5.39. The van der Waals surface area contributed by atoms with Crippen LogP contribution in [0.1, 0.15) is 29.2 Å². The molecule has 4 heteroatoms. The zero-order valence-electron chi connectivity index (χ0n) is 13.7. The molecular formula is C20H23FN2O. The van der Waals surface area contributed by atoms with Crippen molar-refractivity contribution in [3.63, 3.8) is 0 Å². The van der Waals surface area contributed by atoms with Crippen molar-refractivity contribution in [2.24, 2.45) is 0 Å². The average molecular weight is 326 g/mol. The Morgan fingerprint density at radius 2 is 1.92 bits per heavy atom.